The number of carbonyl (C=O) groups is 1. The number of ether oxygens (including phenoxy) is 2. The summed E-state index contributed by atoms with van der Waals surface area (Å²) in [5.74, 6) is 0.847. The van der Waals surface area contributed by atoms with Crippen LogP contribution in [0, 0.1) is 0 Å². The van der Waals surface area contributed by atoms with E-state index in [0.29, 0.717) is 12.6 Å². The standard InChI is InChI=1S/C20H28N4O5/c1-22(10-8-15-6-7-17(27-2)18(11-15)28-3)16-5-4-9-23(12-16)19(25)13-24-14-20(26)29-21-24/h6-7,11,14,16H,4-5,8-10,12-13H2,1-3H3. The van der Waals surface area contributed by atoms with Crippen LogP contribution in [0.5, 0.6) is 17.4 Å². The van der Waals surface area contributed by atoms with E-state index in [1.165, 1.54) is 16.4 Å². The highest BCUT2D eigenvalue weighted by atomic mass is 16.6. The van der Waals surface area contributed by atoms with Crippen molar-refractivity contribution in [2.24, 2.45) is 0 Å². The minimum Gasteiger partial charge on any atom is -0.539 e. The molecule has 29 heavy (non-hydrogen) atoms. The summed E-state index contributed by atoms with van der Waals surface area (Å²) >= 11 is 0. The smallest absolute Gasteiger partial charge is 0.291 e. The van der Waals surface area contributed by atoms with Crippen LogP contribution in [0.25, 0.3) is 0 Å². The SMILES string of the molecule is COc1ccc(CCN(C)C2CCCN(C(=O)C[n+]3cc([O-])on3)C2)cc1OC. The molecule has 158 valence electrons. The first-order chi connectivity index (χ1) is 14.0. The van der Waals surface area contributed by atoms with Gasteiger partial charge in [-0.25, -0.2) is 0 Å². The summed E-state index contributed by atoms with van der Waals surface area (Å²) < 4.78 is 16.4. The number of hydrogen-bond acceptors (Lipinski definition) is 7. The van der Waals surface area contributed by atoms with Crippen LogP contribution in [0.4, 0.5) is 0 Å². The minimum atomic E-state index is -0.552. The van der Waals surface area contributed by atoms with Crippen LogP contribution in [-0.4, -0.2) is 67.9 Å². The van der Waals surface area contributed by atoms with Gasteiger partial charge < -0.3 is 28.9 Å². The number of nitrogens with zero attached hydrogens (tertiary/aromatic N) is 4. The Morgan fingerprint density at radius 3 is 2.86 bits per heavy atom. The quantitative estimate of drug-likeness (QED) is 0.581. The lowest BCUT2D eigenvalue weighted by Gasteiger charge is -2.37. The number of methoxy groups -OCH3 is 2. The molecular formula is C20H28N4O5. The van der Waals surface area contributed by atoms with E-state index >= 15 is 0 Å². The van der Waals surface area contributed by atoms with Crippen LogP contribution in [0.15, 0.2) is 28.9 Å². The lowest BCUT2D eigenvalue weighted by Crippen LogP contribution is -2.52. The molecule has 2 heterocycles. The molecule has 1 unspecified atom stereocenters. The van der Waals surface area contributed by atoms with Gasteiger partial charge in [-0.3, -0.25) is 4.79 Å². The molecule has 9 heteroatoms. The highest BCUT2D eigenvalue weighted by Crippen LogP contribution is 2.28. The third kappa shape index (κ3) is 5.38. The normalized spacial score (nSPS) is 16.8. The number of aromatic nitrogens is 2. The Hall–Kier alpha value is -2.81. The van der Waals surface area contributed by atoms with Gasteiger partial charge >= 0.3 is 0 Å². The van der Waals surface area contributed by atoms with E-state index in [0.717, 1.165) is 43.9 Å². The molecule has 0 spiro atoms. The fraction of sp³-hybridized carbons (Fsp3) is 0.550. The molecule has 0 bridgehead atoms. The number of amides is 1. The van der Waals surface area contributed by atoms with E-state index in [1.54, 1.807) is 14.2 Å². The topological polar surface area (TPSA) is 95.0 Å². The summed E-state index contributed by atoms with van der Waals surface area (Å²) in [6, 6.07) is 6.27. The van der Waals surface area contributed by atoms with Crippen molar-refractivity contribution in [2.75, 3.05) is 40.9 Å². The molecule has 1 aromatic heterocycles. The van der Waals surface area contributed by atoms with Gasteiger partial charge in [0.05, 0.1) is 19.5 Å². The summed E-state index contributed by atoms with van der Waals surface area (Å²) in [5.41, 5.74) is 1.18. The van der Waals surface area contributed by atoms with Crippen LogP contribution in [0.2, 0.25) is 0 Å². The highest BCUT2D eigenvalue weighted by Gasteiger charge is 2.28. The number of likely N-dealkylation sites (N-methyl/N-ethyl adjacent to an activating group) is 1. The molecule has 1 aliphatic heterocycles. The third-order valence-corrected chi connectivity index (χ3v) is 5.36. The molecule has 1 amide bonds. The van der Waals surface area contributed by atoms with Crippen LogP contribution >= 0.6 is 0 Å². The van der Waals surface area contributed by atoms with Gasteiger partial charge in [0.25, 0.3) is 12.5 Å². The Balaban J connectivity index is 1.52. The monoisotopic (exact) mass is 404 g/mol. The maximum Gasteiger partial charge on any atom is 0.291 e. The van der Waals surface area contributed by atoms with Gasteiger partial charge in [0.1, 0.15) is 5.95 Å². The van der Waals surface area contributed by atoms with Crippen molar-refractivity contribution in [1.29, 1.82) is 0 Å². The molecule has 0 N–H and O–H groups in total. The van der Waals surface area contributed by atoms with Gasteiger partial charge in [-0.2, -0.15) is 0 Å². The predicted octanol–water partition coefficient (Wildman–Crippen LogP) is 0.218. The Labute approximate surface area is 170 Å². The molecule has 1 aromatic carbocycles. The summed E-state index contributed by atoms with van der Waals surface area (Å²) in [7, 11) is 5.36. The zero-order valence-electron chi connectivity index (χ0n) is 17.2. The maximum absolute atomic E-state index is 12.5. The van der Waals surface area contributed by atoms with Crippen molar-refractivity contribution in [3.63, 3.8) is 0 Å². The number of benzene rings is 1. The minimum absolute atomic E-state index is 0.0216. The van der Waals surface area contributed by atoms with Crippen LogP contribution < -0.4 is 19.3 Å². The summed E-state index contributed by atoms with van der Waals surface area (Å²) in [6.07, 6.45) is 4.07. The first-order valence-electron chi connectivity index (χ1n) is 9.72. The predicted molar refractivity (Wildman–Crippen MR) is 102 cm³/mol. The molecular weight excluding hydrogens is 376 g/mol. The van der Waals surface area contributed by atoms with Gasteiger partial charge in [0.2, 0.25) is 6.20 Å². The number of likely N-dealkylation sites (tertiary alicyclic amines) is 1. The molecule has 1 atom stereocenters. The number of carbonyl (C=O) groups excluding carboxylic acids is 1. The first-order valence-corrected chi connectivity index (χ1v) is 9.72. The van der Waals surface area contributed by atoms with Crippen molar-refractivity contribution < 1.29 is 28.6 Å². The van der Waals surface area contributed by atoms with Gasteiger partial charge in [-0.05, 0) is 44.0 Å². The Kier molecular flexibility index (Phi) is 6.92. The highest BCUT2D eigenvalue weighted by molar-refractivity contribution is 5.74. The van der Waals surface area contributed by atoms with Crippen LogP contribution in [-0.2, 0) is 17.8 Å². The van der Waals surface area contributed by atoms with E-state index < -0.39 is 5.95 Å². The zero-order valence-corrected chi connectivity index (χ0v) is 17.2. The van der Waals surface area contributed by atoms with Crippen molar-refractivity contribution in [3.8, 4) is 17.4 Å². The summed E-state index contributed by atoms with van der Waals surface area (Å²) in [5, 5.41) is 14.6. The van der Waals surface area contributed by atoms with E-state index in [9.17, 15) is 9.90 Å². The van der Waals surface area contributed by atoms with E-state index in [-0.39, 0.29) is 12.5 Å². The number of hydrogen-bond donors (Lipinski definition) is 0. The molecule has 1 fully saturated rings. The third-order valence-electron chi connectivity index (χ3n) is 5.36. The first kappa shape index (κ1) is 20.9. The molecule has 1 saturated heterocycles. The lowest BCUT2D eigenvalue weighted by molar-refractivity contribution is -0.751. The van der Waals surface area contributed by atoms with Crippen LogP contribution in [0.1, 0.15) is 18.4 Å². The maximum atomic E-state index is 12.5. The van der Waals surface area contributed by atoms with E-state index in [1.807, 2.05) is 23.1 Å². The second-order valence-corrected chi connectivity index (χ2v) is 7.27. The van der Waals surface area contributed by atoms with Crippen molar-refractivity contribution >= 4 is 5.91 Å². The Morgan fingerprint density at radius 1 is 1.38 bits per heavy atom. The fourth-order valence-electron chi connectivity index (χ4n) is 3.64. The Bertz CT molecular complexity index is 825. The molecule has 2 aromatic rings. The van der Waals surface area contributed by atoms with Crippen LogP contribution in [0.3, 0.4) is 0 Å². The van der Waals surface area contributed by atoms with Gasteiger partial charge in [-0.15, -0.1) is 0 Å². The zero-order chi connectivity index (χ0) is 20.8. The van der Waals surface area contributed by atoms with E-state index in [4.69, 9.17) is 9.47 Å². The average Bonchev–Trinajstić information content (AvgIpc) is 3.16. The number of rotatable bonds is 8. The largest absolute Gasteiger partial charge is 0.539 e. The Morgan fingerprint density at radius 2 is 2.17 bits per heavy atom. The second-order valence-electron chi connectivity index (χ2n) is 7.27. The lowest BCUT2D eigenvalue weighted by atomic mass is 10.0. The summed E-state index contributed by atoms with van der Waals surface area (Å²) in [6.45, 7) is 2.29. The molecule has 0 radical (unpaired) electrons. The molecule has 3 rings (SSSR count). The van der Waals surface area contributed by atoms with E-state index in [2.05, 4.69) is 21.7 Å². The van der Waals surface area contributed by atoms with Gasteiger partial charge in [-0.1, -0.05) is 10.7 Å². The van der Waals surface area contributed by atoms with Crippen molar-refractivity contribution in [1.82, 2.24) is 15.1 Å². The second kappa shape index (κ2) is 9.60. The fourth-order valence-corrected chi connectivity index (χ4v) is 3.64. The molecule has 9 nitrogen and oxygen atoms in total. The van der Waals surface area contributed by atoms with Crippen molar-refractivity contribution in [3.05, 3.63) is 30.0 Å². The molecule has 1 aliphatic rings. The molecule has 0 aliphatic carbocycles. The molecule has 0 saturated carbocycles. The van der Waals surface area contributed by atoms with Gasteiger partial charge in [0.15, 0.2) is 11.5 Å². The number of piperidine rings is 1. The van der Waals surface area contributed by atoms with Gasteiger partial charge in [0, 0.05) is 25.7 Å². The average molecular weight is 404 g/mol. The summed E-state index contributed by atoms with van der Waals surface area (Å²) in [4.78, 5) is 16.7. The van der Waals surface area contributed by atoms with Crippen molar-refractivity contribution in [2.45, 2.75) is 31.8 Å².